The van der Waals surface area contributed by atoms with Crippen molar-refractivity contribution in [1.29, 1.82) is 0 Å². The van der Waals surface area contributed by atoms with Gasteiger partial charge in [-0.25, -0.2) is 0 Å². The zero-order valence-electron chi connectivity index (χ0n) is 49.0. The highest BCUT2D eigenvalue weighted by atomic mass is 16.6. The van der Waals surface area contributed by atoms with Crippen LogP contribution in [-0.2, 0) is 28.6 Å². The summed E-state index contributed by atoms with van der Waals surface area (Å²) >= 11 is 0. The number of allylic oxidation sites excluding steroid dienone is 2. The summed E-state index contributed by atoms with van der Waals surface area (Å²) in [7, 11) is 0. The van der Waals surface area contributed by atoms with Crippen molar-refractivity contribution in [2.24, 2.45) is 0 Å². The minimum absolute atomic E-state index is 0.0676. The number of esters is 3. The molecule has 1 atom stereocenters. The molecule has 0 aromatic rings. The first-order valence-corrected chi connectivity index (χ1v) is 32.7. The number of rotatable bonds is 61. The van der Waals surface area contributed by atoms with E-state index in [1.807, 2.05) is 0 Å². The molecule has 0 amide bonds. The molecule has 0 spiro atoms. The maximum atomic E-state index is 12.8. The van der Waals surface area contributed by atoms with Gasteiger partial charge in [-0.15, -0.1) is 0 Å². The van der Waals surface area contributed by atoms with Crippen LogP contribution in [0.4, 0.5) is 0 Å². The van der Waals surface area contributed by atoms with Crippen LogP contribution in [0.15, 0.2) is 12.2 Å². The Morgan fingerprint density at radius 1 is 0.264 bits per heavy atom. The number of ether oxygens (including phenoxy) is 3. The van der Waals surface area contributed by atoms with E-state index in [0.717, 1.165) is 64.2 Å². The normalized spacial score (nSPS) is 12.0. The first-order valence-electron chi connectivity index (χ1n) is 32.7. The van der Waals surface area contributed by atoms with Gasteiger partial charge in [0.1, 0.15) is 13.2 Å². The van der Waals surface area contributed by atoms with Gasteiger partial charge in [0.25, 0.3) is 0 Å². The zero-order chi connectivity index (χ0) is 52.2. The van der Waals surface area contributed by atoms with Crippen LogP contribution in [0.25, 0.3) is 0 Å². The second-order valence-electron chi connectivity index (χ2n) is 22.4. The molecule has 0 bridgehead atoms. The van der Waals surface area contributed by atoms with Crippen LogP contribution < -0.4 is 0 Å². The zero-order valence-corrected chi connectivity index (χ0v) is 49.0. The monoisotopic (exact) mass is 1010 g/mol. The van der Waals surface area contributed by atoms with Crippen molar-refractivity contribution in [3.05, 3.63) is 12.2 Å². The van der Waals surface area contributed by atoms with Gasteiger partial charge >= 0.3 is 17.9 Å². The molecular formula is C66H126O6. The van der Waals surface area contributed by atoms with Crippen LogP contribution in [0.3, 0.4) is 0 Å². The molecule has 0 aliphatic rings. The largest absolute Gasteiger partial charge is 0.462 e. The summed E-state index contributed by atoms with van der Waals surface area (Å²) in [4.78, 5) is 38.1. The van der Waals surface area contributed by atoms with Gasteiger partial charge in [-0.1, -0.05) is 322 Å². The summed E-state index contributed by atoms with van der Waals surface area (Å²) in [5.41, 5.74) is 0. The third-order valence-corrected chi connectivity index (χ3v) is 15.0. The second-order valence-corrected chi connectivity index (χ2v) is 22.4. The van der Waals surface area contributed by atoms with Crippen LogP contribution in [0.5, 0.6) is 0 Å². The number of unbranched alkanes of at least 4 members (excludes halogenated alkanes) is 48. The SMILES string of the molecule is CCCCCC/C=C\CCCCCCCC(=O)OC(COC(=O)CCCCCCCCCCCC)COC(=O)CCCCCCCCCCCCCCCCCCCCCCCCCCCCCCCCC. The molecular weight excluding hydrogens is 889 g/mol. The molecule has 0 N–H and O–H groups in total. The highest BCUT2D eigenvalue weighted by Gasteiger charge is 2.19. The predicted octanol–water partition coefficient (Wildman–Crippen LogP) is 22.1. The smallest absolute Gasteiger partial charge is 0.306 e. The lowest BCUT2D eigenvalue weighted by Crippen LogP contribution is -2.30. The summed E-state index contributed by atoms with van der Waals surface area (Å²) in [5, 5.41) is 0. The van der Waals surface area contributed by atoms with Gasteiger partial charge in [-0.2, -0.15) is 0 Å². The van der Waals surface area contributed by atoms with Crippen molar-refractivity contribution in [2.45, 2.75) is 380 Å². The summed E-state index contributed by atoms with van der Waals surface area (Å²) in [6.07, 6.45) is 72.6. The molecule has 0 saturated heterocycles. The maximum absolute atomic E-state index is 12.8. The summed E-state index contributed by atoms with van der Waals surface area (Å²) in [6, 6.07) is 0. The van der Waals surface area contributed by atoms with Crippen LogP contribution in [0.2, 0.25) is 0 Å². The van der Waals surface area contributed by atoms with Crippen molar-refractivity contribution in [1.82, 2.24) is 0 Å². The molecule has 6 heteroatoms. The van der Waals surface area contributed by atoms with E-state index in [0.29, 0.717) is 19.3 Å². The van der Waals surface area contributed by atoms with E-state index in [1.54, 1.807) is 0 Å². The van der Waals surface area contributed by atoms with Gasteiger partial charge in [-0.05, 0) is 44.9 Å². The third-order valence-electron chi connectivity index (χ3n) is 15.0. The Labute approximate surface area is 450 Å². The molecule has 0 aromatic heterocycles. The summed E-state index contributed by atoms with van der Waals surface area (Å²) in [6.45, 7) is 6.67. The second kappa shape index (κ2) is 61.7. The van der Waals surface area contributed by atoms with Crippen molar-refractivity contribution in [3.63, 3.8) is 0 Å². The maximum Gasteiger partial charge on any atom is 0.306 e. The Morgan fingerprint density at radius 3 is 0.708 bits per heavy atom. The Morgan fingerprint density at radius 2 is 0.458 bits per heavy atom. The standard InChI is InChI=1S/C66H126O6/c1-4-7-10-13-16-19-22-24-25-26-27-28-29-30-31-32-33-34-35-36-37-38-39-40-41-43-44-47-50-53-56-59-65(68)71-62-63(61-70-64(67)58-55-52-49-46-21-18-15-12-9-6-3)72-66(69)60-57-54-51-48-45-42-23-20-17-14-11-8-5-2/h20,23,63H,4-19,21-22,24-62H2,1-3H3/b23-20-. The molecule has 72 heavy (non-hydrogen) atoms. The van der Waals surface area contributed by atoms with Crippen LogP contribution >= 0.6 is 0 Å². The average molecular weight is 1020 g/mol. The molecule has 6 nitrogen and oxygen atoms in total. The van der Waals surface area contributed by atoms with Gasteiger partial charge in [0.15, 0.2) is 6.10 Å². The number of carbonyl (C=O) groups excluding carboxylic acids is 3. The van der Waals surface area contributed by atoms with Gasteiger partial charge in [0.2, 0.25) is 0 Å². The van der Waals surface area contributed by atoms with Gasteiger partial charge in [0.05, 0.1) is 0 Å². The molecule has 0 heterocycles. The van der Waals surface area contributed by atoms with Crippen molar-refractivity contribution < 1.29 is 28.6 Å². The minimum Gasteiger partial charge on any atom is -0.462 e. The lowest BCUT2D eigenvalue weighted by Gasteiger charge is -2.18. The van der Waals surface area contributed by atoms with Gasteiger partial charge in [0, 0.05) is 19.3 Å². The fourth-order valence-electron chi connectivity index (χ4n) is 10.1. The molecule has 0 aromatic carbocycles. The Balaban J connectivity index is 4.00. The molecule has 1 unspecified atom stereocenters. The minimum atomic E-state index is -0.768. The van der Waals surface area contributed by atoms with E-state index < -0.39 is 6.10 Å². The first kappa shape index (κ1) is 70.1. The third kappa shape index (κ3) is 59.0. The molecule has 0 rings (SSSR count). The fourth-order valence-corrected chi connectivity index (χ4v) is 10.1. The van der Waals surface area contributed by atoms with E-state index >= 15 is 0 Å². The Bertz CT molecular complexity index is 1120. The number of hydrogen-bond acceptors (Lipinski definition) is 6. The average Bonchev–Trinajstić information content (AvgIpc) is 3.38. The van der Waals surface area contributed by atoms with Gasteiger partial charge < -0.3 is 14.2 Å². The van der Waals surface area contributed by atoms with Crippen LogP contribution in [0.1, 0.15) is 374 Å². The van der Waals surface area contributed by atoms with Crippen molar-refractivity contribution in [2.75, 3.05) is 13.2 Å². The van der Waals surface area contributed by atoms with E-state index in [-0.39, 0.29) is 31.1 Å². The lowest BCUT2D eigenvalue weighted by molar-refractivity contribution is -0.167. The summed E-state index contributed by atoms with van der Waals surface area (Å²) in [5.74, 6) is -0.854. The van der Waals surface area contributed by atoms with Gasteiger partial charge in [-0.3, -0.25) is 14.4 Å². The number of carbonyl (C=O) groups is 3. The van der Waals surface area contributed by atoms with E-state index in [2.05, 4.69) is 32.9 Å². The van der Waals surface area contributed by atoms with E-state index in [1.165, 1.54) is 270 Å². The highest BCUT2D eigenvalue weighted by Crippen LogP contribution is 2.18. The quantitative estimate of drug-likeness (QED) is 0.0261. The van der Waals surface area contributed by atoms with Crippen LogP contribution in [0, 0.1) is 0 Å². The molecule has 426 valence electrons. The highest BCUT2D eigenvalue weighted by molar-refractivity contribution is 5.71. The number of hydrogen-bond donors (Lipinski definition) is 0. The van der Waals surface area contributed by atoms with Crippen LogP contribution in [-0.4, -0.2) is 37.2 Å². The molecule has 0 aliphatic heterocycles. The Hall–Kier alpha value is -1.85. The topological polar surface area (TPSA) is 78.9 Å². The van der Waals surface area contributed by atoms with E-state index in [9.17, 15) is 14.4 Å². The first-order chi connectivity index (χ1) is 35.5. The van der Waals surface area contributed by atoms with Crippen molar-refractivity contribution in [3.8, 4) is 0 Å². The summed E-state index contributed by atoms with van der Waals surface area (Å²) < 4.78 is 16.9. The van der Waals surface area contributed by atoms with Crippen molar-refractivity contribution >= 4 is 17.9 Å². The molecule has 0 aliphatic carbocycles. The lowest BCUT2D eigenvalue weighted by atomic mass is 10.0. The molecule has 0 fully saturated rings. The molecule has 0 radical (unpaired) electrons. The predicted molar refractivity (Wildman–Crippen MR) is 312 cm³/mol. The Kier molecular flexibility index (Phi) is 60.1. The van der Waals surface area contributed by atoms with E-state index in [4.69, 9.17) is 14.2 Å². The molecule has 0 saturated carbocycles. The fraction of sp³-hybridized carbons (Fsp3) is 0.924.